The fourth-order valence-corrected chi connectivity index (χ4v) is 2.08. The second kappa shape index (κ2) is 3.45. The minimum absolute atomic E-state index is 0.0107. The molecule has 74 valence electrons. The third kappa shape index (κ3) is 1.52. The Balaban J connectivity index is 2.23. The number of hydrogen-bond donors (Lipinski definition) is 1. The van der Waals surface area contributed by atoms with Gasteiger partial charge in [-0.05, 0) is 18.7 Å². The van der Waals surface area contributed by atoms with E-state index in [-0.39, 0.29) is 11.0 Å². The lowest BCUT2D eigenvalue weighted by molar-refractivity contribution is -0.113. The highest BCUT2D eigenvalue weighted by atomic mass is 32.2. The molecule has 2 aliphatic heterocycles. The van der Waals surface area contributed by atoms with Gasteiger partial charge >= 0.3 is 0 Å². The summed E-state index contributed by atoms with van der Waals surface area (Å²) in [6.45, 7) is 2.35. The van der Waals surface area contributed by atoms with Gasteiger partial charge in [0.1, 0.15) is 11.0 Å². The predicted octanol–water partition coefficient (Wildman–Crippen LogP) is 0.875. The molecule has 1 amide bonds. The molecule has 2 heterocycles. The van der Waals surface area contributed by atoms with Gasteiger partial charge in [0.05, 0.1) is 6.61 Å². The van der Waals surface area contributed by atoms with E-state index in [1.165, 1.54) is 11.8 Å². The number of fused-ring (bicyclic) bond motifs is 1. The Hall–Kier alpha value is -1.30. The van der Waals surface area contributed by atoms with Crippen LogP contribution < -0.4 is 0 Å². The number of ether oxygens (including phenoxy) is 1. The number of rotatable bonds is 1. The second-order valence-electron chi connectivity index (χ2n) is 2.69. The van der Waals surface area contributed by atoms with Crippen molar-refractivity contribution in [2.45, 2.75) is 12.2 Å². The van der Waals surface area contributed by atoms with Crippen LogP contribution in [0, 0.1) is 0 Å². The summed E-state index contributed by atoms with van der Waals surface area (Å²) in [5.74, 6) is -0.164. The van der Waals surface area contributed by atoms with Crippen molar-refractivity contribution in [1.29, 1.82) is 0 Å². The van der Waals surface area contributed by atoms with Crippen molar-refractivity contribution in [3.8, 4) is 0 Å². The molecule has 6 heteroatoms. The van der Waals surface area contributed by atoms with E-state index in [0.717, 1.165) is 6.08 Å². The first-order valence-corrected chi connectivity index (χ1v) is 5.00. The van der Waals surface area contributed by atoms with Gasteiger partial charge in [-0.15, -0.1) is 0 Å². The molecule has 0 spiro atoms. The Labute approximate surface area is 84.6 Å². The van der Waals surface area contributed by atoms with E-state index in [1.54, 1.807) is 0 Å². The lowest BCUT2D eigenvalue weighted by Crippen LogP contribution is -2.20. The molecule has 2 aliphatic rings. The zero-order valence-electron chi connectivity index (χ0n) is 7.43. The minimum atomic E-state index is -0.476. The van der Waals surface area contributed by atoms with Gasteiger partial charge in [-0.1, -0.05) is 0 Å². The van der Waals surface area contributed by atoms with Crippen molar-refractivity contribution in [3.63, 3.8) is 0 Å². The number of dihydropyridines is 1. The quantitative estimate of drug-likeness (QED) is 0.700. The number of carbonyl (C=O) groups is 1. The van der Waals surface area contributed by atoms with E-state index < -0.39 is 5.91 Å². The molecule has 0 radical (unpaired) electrons. The molecule has 1 atom stereocenters. The topological polar surface area (TPSA) is 71.2 Å². The molecule has 1 N–H and O–H groups in total. The van der Waals surface area contributed by atoms with Crippen LogP contribution in [0.4, 0.5) is 0 Å². The smallest absolute Gasteiger partial charge is 0.274 e. The van der Waals surface area contributed by atoms with Crippen LogP contribution in [0.15, 0.2) is 21.8 Å². The number of hydrogen-bond acceptors (Lipinski definition) is 5. The van der Waals surface area contributed by atoms with Crippen LogP contribution in [0.1, 0.15) is 6.92 Å². The lowest BCUT2D eigenvalue weighted by Gasteiger charge is -2.10. The molecule has 0 aromatic heterocycles. The molecule has 5 nitrogen and oxygen atoms in total. The van der Waals surface area contributed by atoms with Gasteiger partial charge in [-0.25, -0.2) is 0 Å². The first kappa shape index (κ1) is 9.26. The van der Waals surface area contributed by atoms with Crippen LogP contribution in [0.2, 0.25) is 0 Å². The molecule has 0 aromatic rings. The standard InChI is InChI=1S/C8H8N2O3S/c1-2-13-8-10-7-6(14-8)4(11)3-5(12)9-7/h3,6,11H,2H2,1H3. The van der Waals surface area contributed by atoms with Crippen molar-refractivity contribution in [2.24, 2.45) is 9.98 Å². The second-order valence-corrected chi connectivity index (χ2v) is 3.74. The van der Waals surface area contributed by atoms with Crippen LogP contribution in [-0.2, 0) is 9.53 Å². The number of nitrogens with zero attached hydrogens (tertiary/aromatic N) is 2. The molecule has 0 aromatic carbocycles. The van der Waals surface area contributed by atoms with Crippen LogP contribution in [0.25, 0.3) is 0 Å². The molecular weight excluding hydrogens is 204 g/mol. The molecule has 14 heavy (non-hydrogen) atoms. The monoisotopic (exact) mass is 212 g/mol. The highest BCUT2D eigenvalue weighted by molar-refractivity contribution is 8.15. The average Bonchev–Trinajstić information content (AvgIpc) is 2.48. The fourth-order valence-electron chi connectivity index (χ4n) is 1.15. The maximum atomic E-state index is 10.9. The normalized spacial score (nSPS) is 25.1. The number of amides is 1. The number of thioether (sulfide) groups is 1. The molecular formula is C8H8N2O3S. The lowest BCUT2D eigenvalue weighted by atomic mass is 10.2. The summed E-state index contributed by atoms with van der Waals surface area (Å²) < 4.78 is 5.16. The number of aliphatic imine (C=N–C) groups is 2. The number of carbonyl (C=O) groups excluding carboxylic acids is 1. The Morgan fingerprint density at radius 1 is 1.64 bits per heavy atom. The Morgan fingerprint density at radius 3 is 3.14 bits per heavy atom. The van der Waals surface area contributed by atoms with Gasteiger partial charge in [-0.3, -0.25) is 4.79 Å². The van der Waals surface area contributed by atoms with Crippen molar-refractivity contribution >= 4 is 28.7 Å². The molecule has 0 bridgehead atoms. The molecule has 0 saturated heterocycles. The molecule has 0 aliphatic carbocycles. The molecule has 0 saturated carbocycles. The zero-order chi connectivity index (χ0) is 10.1. The van der Waals surface area contributed by atoms with Crippen LogP contribution in [0.3, 0.4) is 0 Å². The van der Waals surface area contributed by atoms with Gasteiger partial charge in [0.2, 0.25) is 0 Å². The Morgan fingerprint density at radius 2 is 2.43 bits per heavy atom. The highest BCUT2D eigenvalue weighted by Gasteiger charge is 2.34. The number of aliphatic hydroxyl groups excluding tert-OH is 1. The van der Waals surface area contributed by atoms with E-state index in [9.17, 15) is 9.90 Å². The van der Waals surface area contributed by atoms with Gasteiger partial charge in [0.25, 0.3) is 11.1 Å². The SMILES string of the molecule is CCOC1=NC2=NC(=O)C=C(O)C2S1. The largest absolute Gasteiger partial charge is 0.510 e. The van der Waals surface area contributed by atoms with Gasteiger partial charge in [0.15, 0.2) is 5.84 Å². The van der Waals surface area contributed by atoms with E-state index in [4.69, 9.17) is 4.74 Å². The average molecular weight is 212 g/mol. The summed E-state index contributed by atoms with van der Waals surface area (Å²) in [6.07, 6.45) is 1.10. The summed E-state index contributed by atoms with van der Waals surface area (Å²) >= 11 is 1.26. The highest BCUT2D eigenvalue weighted by Crippen LogP contribution is 2.30. The van der Waals surface area contributed by atoms with Gasteiger partial charge in [-0.2, -0.15) is 9.98 Å². The van der Waals surface area contributed by atoms with E-state index >= 15 is 0 Å². The maximum absolute atomic E-state index is 10.9. The molecule has 0 fully saturated rings. The van der Waals surface area contributed by atoms with E-state index in [2.05, 4.69) is 9.98 Å². The Bertz CT molecular complexity index is 373. The fraction of sp³-hybridized carbons (Fsp3) is 0.375. The van der Waals surface area contributed by atoms with Gasteiger partial charge in [0, 0.05) is 6.08 Å². The first-order valence-electron chi connectivity index (χ1n) is 4.12. The summed E-state index contributed by atoms with van der Waals surface area (Å²) in [5, 5.41) is 9.53. The van der Waals surface area contributed by atoms with Crippen molar-refractivity contribution in [1.82, 2.24) is 0 Å². The van der Waals surface area contributed by atoms with Crippen LogP contribution in [0.5, 0.6) is 0 Å². The zero-order valence-corrected chi connectivity index (χ0v) is 8.24. The third-order valence-electron chi connectivity index (χ3n) is 1.69. The molecule has 2 rings (SSSR count). The van der Waals surface area contributed by atoms with Gasteiger partial charge < -0.3 is 9.84 Å². The van der Waals surface area contributed by atoms with Crippen molar-refractivity contribution < 1.29 is 14.6 Å². The summed E-state index contributed by atoms with van der Waals surface area (Å²) in [4.78, 5) is 18.6. The summed E-state index contributed by atoms with van der Waals surface area (Å²) in [6, 6.07) is 0. The number of aliphatic hydroxyl groups is 1. The van der Waals surface area contributed by atoms with E-state index in [0.29, 0.717) is 17.7 Å². The van der Waals surface area contributed by atoms with Crippen molar-refractivity contribution in [3.05, 3.63) is 11.8 Å². The molecule has 1 unspecified atom stereocenters. The maximum Gasteiger partial charge on any atom is 0.274 e. The predicted molar refractivity (Wildman–Crippen MR) is 53.6 cm³/mol. The summed E-state index contributed by atoms with van der Waals surface area (Å²) in [5.41, 5.74) is 0. The van der Waals surface area contributed by atoms with Crippen LogP contribution in [-0.4, -0.2) is 33.9 Å². The Kier molecular flexibility index (Phi) is 2.28. The summed E-state index contributed by atoms with van der Waals surface area (Å²) in [7, 11) is 0. The third-order valence-corrected chi connectivity index (χ3v) is 2.79. The van der Waals surface area contributed by atoms with Crippen molar-refractivity contribution in [2.75, 3.05) is 6.61 Å². The van der Waals surface area contributed by atoms with E-state index in [1.807, 2.05) is 6.92 Å². The first-order chi connectivity index (χ1) is 6.70. The number of amidine groups is 1. The van der Waals surface area contributed by atoms with Crippen LogP contribution >= 0.6 is 11.8 Å². The minimum Gasteiger partial charge on any atom is -0.510 e.